The van der Waals surface area contributed by atoms with Gasteiger partial charge in [0.15, 0.2) is 11.5 Å². The SMILES string of the molecule is COc1cc(OC)c(C(=O)N(C)Cc2ccc3c(c2)CN(C)C3)cc1OC. The third kappa shape index (κ3) is 3.85. The zero-order chi connectivity index (χ0) is 19.6. The summed E-state index contributed by atoms with van der Waals surface area (Å²) in [6, 6.07) is 9.77. The van der Waals surface area contributed by atoms with Gasteiger partial charge in [-0.05, 0) is 23.7 Å². The number of amides is 1. The van der Waals surface area contributed by atoms with Gasteiger partial charge in [-0.15, -0.1) is 0 Å². The molecule has 3 rings (SSSR count). The first kappa shape index (κ1) is 19.0. The minimum Gasteiger partial charge on any atom is -0.496 e. The fourth-order valence-corrected chi connectivity index (χ4v) is 3.46. The van der Waals surface area contributed by atoms with E-state index in [4.69, 9.17) is 14.2 Å². The van der Waals surface area contributed by atoms with Crippen LogP contribution in [0.3, 0.4) is 0 Å². The van der Waals surface area contributed by atoms with Gasteiger partial charge in [-0.2, -0.15) is 0 Å². The van der Waals surface area contributed by atoms with Crippen LogP contribution >= 0.6 is 0 Å². The van der Waals surface area contributed by atoms with Gasteiger partial charge in [0.25, 0.3) is 5.91 Å². The van der Waals surface area contributed by atoms with Crippen LogP contribution in [0.5, 0.6) is 17.2 Å². The molecule has 2 aromatic carbocycles. The zero-order valence-corrected chi connectivity index (χ0v) is 16.5. The summed E-state index contributed by atoms with van der Waals surface area (Å²) in [5.74, 6) is 1.34. The van der Waals surface area contributed by atoms with Crippen molar-refractivity contribution in [1.29, 1.82) is 0 Å². The van der Waals surface area contributed by atoms with Crippen molar-refractivity contribution < 1.29 is 19.0 Å². The van der Waals surface area contributed by atoms with E-state index in [9.17, 15) is 4.79 Å². The average molecular weight is 370 g/mol. The Morgan fingerprint density at radius 3 is 2.26 bits per heavy atom. The maximum absolute atomic E-state index is 13.0. The van der Waals surface area contributed by atoms with Crippen LogP contribution in [0.15, 0.2) is 30.3 Å². The Hall–Kier alpha value is -2.73. The van der Waals surface area contributed by atoms with Crippen molar-refractivity contribution >= 4 is 5.91 Å². The number of ether oxygens (including phenoxy) is 3. The Morgan fingerprint density at radius 1 is 0.963 bits per heavy atom. The largest absolute Gasteiger partial charge is 0.496 e. The standard InChI is InChI=1S/C21H26N2O4/c1-22-12-15-7-6-14(8-16(15)13-22)11-23(2)21(24)17-9-19(26-4)20(27-5)10-18(17)25-3/h6-10H,11-13H2,1-5H3. The summed E-state index contributed by atoms with van der Waals surface area (Å²) < 4.78 is 16.0. The molecule has 0 fully saturated rings. The van der Waals surface area contributed by atoms with E-state index in [1.165, 1.54) is 18.2 Å². The fourth-order valence-electron chi connectivity index (χ4n) is 3.46. The van der Waals surface area contributed by atoms with Crippen molar-refractivity contribution in [3.8, 4) is 17.2 Å². The molecule has 0 aliphatic carbocycles. The first-order chi connectivity index (χ1) is 13.0. The van der Waals surface area contributed by atoms with Crippen LogP contribution in [-0.4, -0.2) is 51.1 Å². The van der Waals surface area contributed by atoms with E-state index in [1.54, 1.807) is 38.3 Å². The van der Waals surface area contributed by atoms with Crippen molar-refractivity contribution in [2.24, 2.45) is 0 Å². The number of rotatable bonds is 6. The van der Waals surface area contributed by atoms with Crippen LogP contribution in [0.2, 0.25) is 0 Å². The molecule has 0 atom stereocenters. The van der Waals surface area contributed by atoms with E-state index in [2.05, 4.69) is 30.1 Å². The summed E-state index contributed by atoms with van der Waals surface area (Å²) in [6.07, 6.45) is 0. The molecule has 0 spiro atoms. The predicted molar refractivity (Wildman–Crippen MR) is 104 cm³/mol. The van der Waals surface area contributed by atoms with Crippen LogP contribution in [0.4, 0.5) is 0 Å². The van der Waals surface area contributed by atoms with Crippen molar-refractivity contribution in [3.63, 3.8) is 0 Å². The van der Waals surface area contributed by atoms with Gasteiger partial charge < -0.3 is 19.1 Å². The number of hydrogen-bond donors (Lipinski definition) is 0. The van der Waals surface area contributed by atoms with Gasteiger partial charge in [-0.25, -0.2) is 0 Å². The lowest BCUT2D eigenvalue weighted by Gasteiger charge is -2.20. The number of benzene rings is 2. The molecule has 0 unspecified atom stereocenters. The summed E-state index contributed by atoms with van der Waals surface area (Å²) >= 11 is 0. The normalized spacial score (nSPS) is 13.2. The molecule has 0 aromatic heterocycles. The minimum absolute atomic E-state index is 0.134. The Bertz CT molecular complexity index is 850. The maximum Gasteiger partial charge on any atom is 0.257 e. The van der Waals surface area contributed by atoms with Gasteiger partial charge in [0.2, 0.25) is 0 Å². The summed E-state index contributed by atoms with van der Waals surface area (Å²) in [4.78, 5) is 17.0. The molecule has 1 aliphatic heterocycles. The van der Waals surface area contributed by atoms with Gasteiger partial charge in [0.05, 0.1) is 26.9 Å². The quantitative estimate of drug-likeness (QED) is 0.783. The van der Waals surface area contributed by atoms with Crippen LogP contribution in [0.25, 0.3) is 0 Å². The molecule has 6 nitrogen and oxygen atoms in total. The highest BCUT2D eigenvalue weighted by atomic mass is 16.5. The Kier molecular flexibility index (Phi) is 5.56. The lowest BCUT2D eigenvalue weighted by Crippen LogP contribution is -2.26. The van der Waals surface area contributed by atoms with Crippen LogP contribution < -0.4 is 14.2 Å². The number of carbonyl (C=O) groups excluding carboxylic acids is 1. The number of nitrogens with zero attached hydrogens (tertiary/aromatic N) is 2. The smallest absolute Gasteiger partial charge is 0.257 e. The van der Waals surface area contributed by atoms with Crippen LogP contribution in [0.1, 0.15) is 27.0 Å². The lowest BCUT2D eigenvalue weighted by atomic mass is 10.1. The summed E-state index contributed by atoms with van der Waals surface area (Å²) in [6.45, 7) is 2.45. The molecule has 0 bridgehead atoms. The molecule has 1 aliphatic rings. The summed E-state index contributed by atoms with van der Waals surface area (Å²) in [5.41, 5.74) is 4.24. The van der Waals surface area contributed by atoms with Crippen molar-refractivity contribution in [2.45, 2.75) is 19.6 Å². The maximum atomic E-state index is 13.0. The molecular formula is C21H26N2O4. The highest BCUT2D eigenvalue weighted by Crippen LogP contribution is 2.35. The number of fused-ring (bicyclic) bond motifs is 1. The second-order valence-corrected chi connectivity index (χ2v) is 6.84. The van der Waals surface area contributed by atoms with E-state index in [-0.39, 0.29) is 5.91 Å². The number of carbonyl (C=O) groups is 1. The van der Waals surface area contributed by atoms with E-state index in [0.29, 0.717) is 29.4 Å². The van der Waals surface area contributed by atoms with Crippen molar-refractivity contribution in [2.75, 3.05) is 35.4 Å². The monoisotopic (exact) mass is 370 g/mol. The van der Waals surface area contributed by atoms with Crippen LogP contribution in [-0.2, 0) is 19.6 Å². The van der Waals surface area contributed by atoms with E-state index < -0.39 is 0 Å². The van der Waals surface area contributed by atoms with Gasteiger partial charge in [0.1, 0.15) is 5.75 Å². The third-order valence-electron chi connectivity index (χ3n) is 4.85. The molecule has 144 valence electrons. The molecule has 0 N–H and O–H groups in total. The lowest BCUT2D eigenvalue weighted by molar-refractivity contribution is 0.0781. The topological polar surface area (TPSA) is 51.2 Å². The Labute approximate surface area is 160 Å². The molecule has 1 amide bonds. The van der Waals surface area contributed by atoms with E-state index in [1.807, 2.05) is 0 Å². The molecule has 1 heterocycles. The first-order valence-electron chi connectivity index (χ1n) is 8.81. The van der Waals surface area contributed by atoms with Crippen molar-refractivity contribution in [3.05, 3.63) is 52.6 Å². The first-order valence-corrected chi connectivity index (χ1v) is 8.81. The molecule has 0 saturated carbocycles. The second-order valence-electron chi connectivity index (χ2n) is 6.84. The Balaban J connectivity index is 1.82. The fraction of sp³-hybridized carbons (Fsp3) is 0.381. The second kappa shape index (κ2) is 7.88. The molecule has 0 saturated heterocycles. The minimum atomic E-state index is -0.134. The highest BCUT2D eigenvalue weighted by Gasteiger charge is 2.22. The molecular weight excluding hydrogens is 344 g/mol. The Morgan fingerprint density at radius 2 is 1.59 bits per heavy atom. The van der Waals surface area contributed by atoms with Gasteiger partial charge in [-0.1, -0.05) is 18.2 Å². The molecule has 2 aromatic rings. The average Bonchev–Trinajstić information content (AvgIpc) is 3.05. The van der Waals surface area contributed by atoms with E-state index in [0.717, 1.165) is 18.7 Å². The van der Waals surface area contributed by atoms with E-state index >= 15 is 0 Å². The summed E-state index contributed by atoms with van der Waals surface area (Å²) in [5, 5.41) is 0. The van der Waals surface area contributed by atoms with Crippen molar-refractivity contribution in [1.82, 2.24) is 9.80 Å². The highest BCUT2D eigenvalue weighted by molar-refractivity contribution is 5.97. The number of methoxy groups -OCH3 is 3. The number of hydrogen-bond acceptors (Lipinski definition) is 5. The molecule has 6 heteroatoms. The zero-order valence-electron chi connectivity index (χ0n) is 16.5. The van der Waals surface area contributed by atoms with Crippen LogP contribution in [0, 0.1) is 0 Å². The summed E-state index contributed by atoms with van der Waals surface area (Å²) in [7, 11) is 8.53. The van der Waals surface area contributed by atoms with Gasteiger partial charge in [-0.3, -0.25) is 9.69 Å². The van der Waals surface area contributed by atoms with Gasteiger partial charge >= 0.3 is 0 Å². The predicted octanol–water partition coefficient (Wildman–Crippen LogP) is 2.93. The molecule has 0 radical (unpaired) electrons. The molecule has 27 heavy (non-hydrogen) atoms. The third-order valence-corrected chi connectivity index (χ3v) is 4.85. The van der Waals surface area contributed by atoms with Gasteiger partial charge in [0, 0.05) is 38.8 Å².